The van der Waals surface area contributed by atoms with Gasteiger partial charge in [-0.15, -0.1) is 0 Å². The van der Waals surface area contributed by atoms with E-state index in [1.807, 2.05) is 0 Å². The first-order valence-electron chi connectivity index (χ1n) is 12.3. The van der Waals surface area contributed by atoms with Crippen LogP contribution in [0.1, 0.15) is 98.8 Å². The maximum atomic E-state index is 10.2. The molecule has 3 saturated carbocycles. The SMILES string of the molecule is C/C(=C/CCC(C)C)[C@H]1CC[C@H]2[C@@H]3CC=C4C[C@@H](O)CC[C@]4(C)[C@H]3CC[C@]12C. The molecule has 0 radical (unpaired) electrons. The van der Waals surface area contributed by atoms with Gasteiger partial charge in [0.1, 0.15) is 0 Å². The molecule has 0 unspecified atom stereocenters. The fraction of sp³-hybridized carbons (Fsp3) is 0.852. The molecular weight excluding hydrogens is 340 g/mol. The number of aliphatic hydroxyl groups is 1. The molecule has 0 amide bonds. The summed E-state index contributed by atoms with van der Waals surface area (Å²) in [5, 5.41) is 10.2. The summed E-state index contributed by atoms with van der Waals surface area (Å²) < 4.78 is 0. The lowest BCUT2D eigenvalue weighted by Gasteiger charge is -2.58. The van der Waals surface area contributed by atoms with Crippen LogP contribution in [-0.2, 0) is 0 Å². The van der Waals surface area contributed by atoms with Gasteiger partial charge < -0.3 is 5.11 Å². The number of fused-ring (bicyclic) bond motifs is 5. The van der Waals surface area contributed by atoms with Crippen LogP contribution in [0.25, 0.3) is 0 Å². The van der Waals surface area contributed by atoms with Crippen molar-refractivity contribution in [1.29, 1.82) is 0 Å². The summed E-state index contributed by atoms with van der Waals surface area (Å²) in [5.74, 6) is 4.28. The first-order chi connectivity index (χ1) is 13.3. The number of hydrogen-bond donors (Lipinski definition) is 1. The van der Waals surface area contributed by atoms with E-state index in [9.17, 15) is 5.11 Å². The molecule has 4 aliphatic rings. The maximum absolute atomic E-state index is 10.2. The van der Waals surface area contributed by atoms with E-state index in [-0.39, 0.29) is 6.10 Å². The number of rotatable bonds is 4. The maximum Gasteiger partial charge on any atom is 0.0577 e. The second kappa shape index (κ2) is 7.60. The minimum atomic E-state index is -0.0841. The lowest BCUT2D eigenvalue weighted by molar-refractivity contribution is -0.0454. The van der Waals surface area contributed by atoms with Crippen LogP contribution in [0.4, 0.5) is 0 Å². The molecule has 0 aromatic rings. The largest absolute Gasteiger partial charge is 0.393 e. The van der Waals surface area contributed by atoms with Crippen LogP contribution in [0.5, 0.6) is 0 Å². The van der Waals surface area contributed by atoms with E-state index in [1.165, 1.54) is 51.4 Å². The van der Waals surface area contributed by atoms with Crippen molar-refractivity contribution >= 4 is 0 Å². The smallest absolute Gasteiger partial charge is 0.0577 e. The number of hydrogen-bond acceptors (Lipinski definition) is 1. The average Bonchev–Trinajstić information content (AvgIpc) is 2.99. The minimum Gasteiger partial charge on any atom is -0.393 e. The Morgan fingerprint density at radius 2 is 1.93 bits per heavy atom. The molecule has 1 N–H and O–H groups in total. The van der Waals surface area contributed by atoms with Crippen LogP contribution < -0.4 is 0 Å². The van der Waals surface area contributed by atoms with Crippen molar-refractivity contribution in [3.05, 3.63) is 23.3 Å². The minimum absolute atomic E-state index is 0.0841. The number of aliphatic hydroxyl groups excluding tert-OH is 1. The quantitative estimate of drug-likeness (QED) is 0.504. The average molecular weight is 385 g/mol. The molecule has 0 spiro atoms. The fourth-order valence-electron chi connectivity index (χ4n) is 8.18. The summed E-state index contributed by atoms with van der Waals surface area (Å²) in [7, 11) is 0. The van der Waals surface area contributed by atoms with Gasteiger partial charge in [-0.05, 0) is 112 Å². The van der Waals surface area contributed by atoms with Gasteiger partial charge in [-0.3, -0.25) is 0 Å². The van der Waals surface area contributed by atoms with Gasteiger partial charge in [-0.25, -0.2) is 0 Å². The van der Waals surface area contributed by atoms with Crippen LogP contribution in [0.3, 0.4) is 0 Å². The van der Waals surface area contributed by atoms with Crippen molar-refractivity contribution in [2.75, 3.05) is 0 Å². The molecule has 0 saturated heterocycles. The van der Waals surface area contributed by atoms with Gasteiger partial charge in [0.25, 0.3) is 0 Å². The normalized spacial score (nSPS) is 46.0. The Hall–Kier alpha value is -0.560. The standard InChI is InChI=1S/C27H44O/c1-18(2)7-6-8-19(3)23-11-12-24-22-10-9-20-17-21(28)13-15-26(20,4)25(22)14-16-27(23,24)5/h8-9,18,21-25,28H,6-7,10-17H2,1-5H3/b19-8-/t21-,22-,23+,24-,25-,26-,27+/m0/s1. The fourth-order valence-corrected chi connectivity index (χ4v) is 8.18. The molecule has 1 heteroatoms. The zero-order valence-electron chi connectivity index (χ0n) is 19.1. The Balaban J connectivity index is 1.54. The van der Waals surface area contributed by atoms with Gasteiger partial charge in [-0.1, -0.05) is 51.0 Å². The molecule has 3 fully saturated rings. The van der Waals surface area contributed by atoms with Gasteiger partial charge >= 0.3 is 0 Å². The summed E-state index contributed by atoms with van der Waals surface area (Å²) in [5.41, 5.74) is 4.21. The summed E-state index contributed by atoms with van der Waals surface area (Å²) in [6, 6.07) is 0. The third-order valence-corrected chi connectivity index (χ3v) is 9.84. The van der Waals surface area contributed by atoms with E-state index < -0.39 is 0 Å². The first-order valence-corrected chi connectivity index (χ1v) is 12.3. The van der Waals surface area contributed by atoms with Gasteiger partial charge in [0, 0.05) is 0 Å². The van der Waals surface area contributed by atoms with Gasteiger partial charge in [0.05, 0.1) is 6.10 Å². The number of allylic oxidation sites excluding steroid dienone is 3. The van der Waals surface area contributed by atoms with E-state index in [1.54, 1.807) is 11.1 Å². The Morgan fingerprint density at radius 1 is 1.14 bits per heavy atom. The second-order valence-electron chi connectivity index (χ2n) is 11.7. The van der Waals surface area contributed by atoms with E-state index in [0.29, 0.717) is 10.8 Å². The molecule has 4 aliphatic carbocycles. The van der Waals surface area contributed by atoms with Crippen LogP contribution in [0, 0.1) is 40.4 Å². The third kappa shape index (κ3) is 3.34. The van der Waals surface area contributed by atoms with E-state index >= 15 is 0 Å². The first kappa shape index (κ1) is 20.7. The molecule has 158 valence electrons. The monoisotopic (exact) mass is 384 g/mol. The molecule has 28 heavy (non-hydrogen) atoms. The van der Waals surface area contributed by atoms with Crippen LogP contribution in [-0.4, -0.2) is 11.2 Å². The van der Waals surface area contributed by atoms with Crippen molar-refractivity contribution in [3.8, 4) is 0 Å². The van der Waals surface area contributed by atoms with Crippen LogP contribution in [0.15, 0.2) is 23.3 Å². The van der Waals surface area contributed by atoms with Crippen molar-refractivity contribution in [2.45, 2.75) is 105 Å². The lowest BCUT2D eigenvalue weighted by Crippen LogP contribution is -2.50. The predicted molar refractivity (Wildman–Crippen MR) is 119 cm³/mol. The summed E-state index contributed by atoms with van der Waals surface area (Å²) in [6.07, 6.45) is 17.8. The zero-order valence-corrected chi connectivity index (χ0v) is 19.1. The molecule has 0 heterocycles. The highest BCUT2D eigenvalue weighted by Crippen LogP contribution is 2.67. The highest BCUT2D eigenvalue weighted by Gasteiger charge is 2.58. The molecular formula is C27H44O. The summed E-state index contributed by atoms with van der Waals surface area (Å²) in [4.78, 5) is 0. The topological polar surface area (TPSA) is 20.2 Å². The zero-order chi connectivity index (χ0) is 20.1. The molecule has 0 aliphatic heterocycles. The predicted octanol–water partition coefficient (Wildman–Crippen LogP) is 7.31. The lowest BCUT2D eigenvalue weighted by atomic mass is 9.47. The molecule has 4 rings (SSSR count). The molecule has 7 atom stereocenters. The van der Waals surface area contributed by atoms with E-state index in [4.69, 9.17) is 0 Å². The third-order valence-electron chi connectivity index (χ3n) is 9.84. The van der Waals surface area contributed by atoms with E-state index in [2.05, 4.69) is 46.8 Å². The van der Waals surface area contributed by atoms with Crippen molar-refractivity contribution in [1.82, 2.24) is 0 Å². The summed E-state index contributed by atoms with van der Waals surface area (Å²) in [6.45, 7) is 12.3. The van der Waals surface area contributed by atoms with Crippen LogP contribution in [0.2, 0.25) is 0 Å². The molecule has 0 bridgehead atoms. The van der Waals surface area contributed by atoms with Gasteiger partial charge in [-0.2, -0.15) is 0 Å². The Labute approximate surface area is 174 Å². The molecule has 0 aromatic heterocycles. The highest BCUT2D eigenvalue weighted by molar-refractivity contribution is 5.26. The summed E-state index contributed by atoms with van der Waals surface area (Å²) >= 11 is 0. The van der Waals surface area contributed by atoms with Gasteiger partial charge in [0.2, 0.25) is 0 Å². The molecule has 0 aromatic carbocycles. The van der Waals surface area contributed by atoms with Gasteiger partial charge in [0.15, 0.2) is 0 Å². The Kier molecular flexibility index (Phi) is 5.62. The Morgan fingerprint density at radius 3 is 2.68 bits per heavy atom. The highest BCUT2D eigenvalue weighted by atomic mass is 16.3. The van der Waals surface area contributed by atoms with Crippen molar-refractivity contribution < 1.29 is 5.11 Å². The van der Waals surface area contributed by atoms with Crippen molar-refractivity contribution in [3.63, 3.8) is 0 Å². The van der Waals surface area contributed by atoms with E-state index in [0.717, 1.165) is 42.4 Å². The van der Waals surface area contributed by atoms with Crippen molar-refractivity contribution in [2.24, 2.45) is 40.4 Å². The second-order valence-corrected chi connectivity index (χ2v) is 11.7. The molecule has 1 nitrogen and oxygen atoms in total. The Bertz CT molecular complexity index is 643. The van der Waals surface area contributed by atoms with Crippen LogP contribution >= 0.6 is 0 Å².